The molecule has 45 heavy (non-hydrogen) atoms. The standard InChI is InChI=1S/C32H15F7N4O2/c1-17-6-21(31(34,35)36)10-23(7-17)44-29-25(19(13-40)14-41)2-5-28-27(29)4-3-26(20(15-42)16-43)30(28)45-24-9-18(12-33)8-22(11-24)32(37,38)39/h2-11H,12H2,1H3. The van der Waals surface area contributed by atoms with Crippen LogP contribution in [0.4, 0.5) is 30.7 Å². The molecule has 0 unspecified atom stereocenters. The lowest BCUT2D eigenvalue weighted by molar-refractivity contribution is -0.138. The molecule has 4 aromatic carbocycles. The van der Waals surface area contributed by atoms with Crippen LogP contribution in [0.3, 0.4) is 0 Å². The van der Waals surface area contributed by atoms with E-state index in [4.69, 9.17) is 9.47 Å². The zero-order valence-electron chi connectivity index (χ0n) is 22.7. The molecule has 0 aromatic heterocycles. The molecule has 4 rings (SSSR count). The molecule has 0 spiro atoms. The number of aryl methyl sites for hydroxylation is 1. The molecule has 224 valence electrons. The van der Waals surface area contributed by atoms with Gasteiger partial charge >= 0.3 is 12.4 Å². The molecule has 4 aromatic rings. The Labute approximate surface area is 249 Å². The van der Waals surface area contributed by atoms with Gasteiger partial charge < -0.3 is 9.47 Å². The Kier molecular flexibility index (Phi) is 8.70. The highest BCUT2D eigenvalue weighted by Crippen LogP contribution is 2.38. The summed E-state index contributed by atoms with van der Waals surface area (Å²) in [5, 5.41) is 37.9. The van der Waals surface area contributed by atoms with Crippen molar-refractivity contribution < 1.29 is 40.2 Å². The lowest BCUT2D eigenvalue weighted by Gasteiger charge is -2.17. The summed E-state index contributed by atoms with van der Waals surface area (Å²) in [5.41, 5.74) is -3.54. The number of halogens is 7. The molecule has 0 atom stereocenters. The number of hydrogen-bond donors (Lipinski definition) is 0. The van der Waals surface area contributed by atoms with Crippen LogP contribution >= 0.6 is 0 Å². The van der Waals surface area contributed by atoms with Crippen LogP contribution in [0.2, 0.25) is 0 Å². The molecule has 0 aliphatic heterocycles. The van der Waals surface area contributed by atoms with Crippen molar-refractivity contribution in [3.05, 3.63) is 93.4 Å². The van der Waals surface area contributed by atoms with Gasteiger partial charge in [-0.3, -0.25) is 0 Å². The zero-order chi connectivity index (χ0) is 33.1. The first-order valence-electron chi connectivity index (χ1n) is 12.5. The van der Waals surface area contributed by atoms with Gasteiger partial charge in [-0.25, -0.2) is 4.39 Å². The number of fused-ring (bicyclic) bond motifs is 1. The van der Waals surface area contributed by atoms with Gasteiger partial charge in [0.2, 0.25) is 0 Å². The molecule has 6 nitrogen and oxygen atoms in total. The van der Waals surface area contributed by atoms with E-state index in [0.717, 1.165) is 12.1 Å². The van der Waals surface area contributed by atoms with E-state index < -0.39 is 47.0 Å². The normalized spacial score (nSPS) is 11.1. The molecule has 0 saturated carbocycles. The van der Waals surface area contributed by atoms with Crippen LogP contribution in [0.15, 0.2) is 60.7 Å². The molecule has 0 radical (unpaired) electrons. The van der Waals surface area contributed by atoms with Gasteiger partial charge in [0.1, 0.15) is 65.1 Å². The fraction of sp³-hybridized carbons (Fsp3) is 0.125. The second-order valence-corrected chi connectivity index (χ2v) is 9.41. The van der Waals surface area contributed by atoms with Crippen LogP contribution in [-0.2, 0) is 19.0 Å². The second-order valence-electron chi connectivity index (χ2n) is 9.41. The third-order valence-electron chi connectivity index (χ3n) is 6.35. The topological polar surface area (TPSA) is 114 Å². The van der Waals surface area contributed by atoms with Crippen LogP contribution < -0.4 is 19.9 Å². The van der Waals surface area contributed by atoms with Crippen molar-refractivity contribution in [2.75, 3.05) is 0 Å². The number of benzene rings is 4. The van der Waals surface area contributed by atoms with Gasteiger partial charge in [-0.2, -0.15) is 47.4 Å². The Hall–Kier alpha value is -6.05. The molecule has 13 heteroatoms. The molecule has 0 bridgehead atoms. The number of nitrogens with zero attached hydrogens (tertiary/aromatic N) is 4. The van der Waals surface area contributed by atoms with Gasteiger partial charge in [-0.1, -0.05) is 0 Å². The predicted octanol–water partition coefficient (Wildman–Crippen LogP) is 7.64. The van der Waals surface area contributed by atoms with Crippen molar-refractivity contribution in [1.82, 2.24) is 0 Å². The number of rotatable bonds is 5. The lowest BCUT2D eigenvalue weighted by Crippen LogP contribution is -2.14. The summed E-state index contributed by atoms with van der Waals surface area (Å²) >= 11 is 0. The van der Waals surface area contributed by atoms with Gasteiger partial charge in [0.05, 0.1) is 11.1 Å². The predicted molar refractivity (Wildman–Crippen MR) is 145 cm³/mol. The Morgan fingerprint density at radius 3 is 1.44 bits per heavy atom. The van der Waals surface area contributed by atoms with Gasteiger partial charge in [0.15, 0.2) is 0 Å². The van der Waals surface area contributed by atoms with E-state index in [9.17, 15) is 51.8 Å². The highest BCUT2D eigenvalue weighted by Gasteiger charge is 2.32. The minimum atomic E-state index is -4.89. The van der Waals surface area contributed by atoms with Crippen LogP contribution in [0.1, 0.15) is 22.3 Å². The van der Waals surface area contributed by atoms with Gasteiger partial charge in [0, 0.05) is 21.2 Å². The summed E-state index contributed by atoms with van der Waals surface area (Å²) in [6.45, 7) is 0.101. The van der Waals surface area contributed by atoms with Crippen LogP contribution in [0.5, 0.6) is 23.0 Å². The molecule has 0 N–H and O–H groups in total. The second kappa shape index (κ2) is 12.3. The van der Waals surface area contributed by atoms with Crippen molar-refractivity contribution in [3.8, 4) is 47.3 Å². The summed E-state index contributed by atoms with van der Waals surface area (Å²) in [7, 11) is 0. The first-order chi connectivity index (χ1) is 21.2. The summed E-state index contributed by atoms with van der Waals surface area (Å²) in [6, 6.07) is 16.5. The highest BCUT2D eigenvalue weighted by atomic mass is 19.4. The Morgan fingerprint density at radius 2 is 1.04 bits per heavy atom. The first kappa shape index (κ1) is 31.9. The average Bonchev–Trinajstić information content (AvgIpc) is 2.98. The Morgan fingerprint density at radius 1 is 0.622 bits per heavy atom. The monoisotopic (exact) mass is 620 g/mol. The molecule has 0 aliphatic carbocycles. The Balaban J connectivity index is 2.12. The smallest absolute Gasteiger partial charge is 0.416 e. The van der Waals surface area contributed by atoms with Crippen LogP contribution in [0.25, 0.3) is 21.9 Å². The third kappa shape index (κ3) is 6.64. The van der Waals surface area contributed by atoms with E-state index in [0.29, 0.717) is 18.2 Å². The van der Waals surface area contributed by atoms with Crippen molar-refractivity contribution in [2.45, 2.75) is 26.0 Å². The minimum Gasteiger partial charge on any atom is -0.456 e. The van der Waals surface area contributed by atoms with Crippen LogP contribution in [-0.4, -0.2) is 0 Å². The largest absolute Gasteiger partial charge is 0.456 e. The van der Waals surface area contributed by atoms with E-state index in [-0.39, 0.29) is 49.6 Å². The van der Waals surface area contributed by atoms with Gasteiger partial charge in [-0.15, -0.1) is 0 Å². The van der Waals surface area contributed by atoms with Crippen molar-refractivity contribution >= 4 is 21.9 Å². The lowest BCUT2D eigenvalue weighted by atomic mass is 10.0. The summed E-state index contributed by atoms with van der Waals surface area (Å²) in [6.07, 6.45) is -9.64. The van der Waals surface area contributed by atoms with E-state index in [2.05, 4.69) is 0 Å². The maximum Gasteiger partial charge on any atom is 0.416 e. The van der Waals surface area contributed by atoms with E-state index >= 15 is 0 Å². The van der Waals surface area contributed by atoms with E-state index in [1.54, 1.807) is 24.3 Å². The van der Waals surface area contributed by atoms with Gasteiger partial charge in [0.25, 0.3) is 0 Å². The molecule has 0 amide bonds. The number of alkyl halides is 7. The van der Waals surface area contributed by atoms with Crippen molar-refractivity contribution in [1.29, 1.82) is 21.0 Å². The highest BCUT2D eigenvalue weighted by molar-refractivity contribution is 5.96. The molecular formula is C32H15F7N4O2. The average molecular weight is 620 g/mol. The summed E-state index contributed by atoms with van der Waals surface area (Å²) in [5.74, 6) is -1.50. The third-order valence-corrected chi connectivity index (χ3v) is 6.35. The van der Waals surface area contributed by atoms with Gasteiger partial charge in [-0.05, 0) is 78.7 Å². The van der Waals surface area contributed by atoms with E-state index in [1.165, 1.54) is 37.3 Å². The number of ether oxygens (including phenoxy) is 2. The van der Waals surface area contributed by atoms with E-state index in [1.807, 2.05) is 0 Å². The first-order valence-corrected chi connectivity index (χ1v) is 12.5. The Bertz CT molecular complexity index is 2110. The molecular weight excluding hydrogens is 605 g/mol. The molecule has 0 saturated heterocycles. The fourth-order valence-corrected chi connectivity index (χ4v) is 4.42. The maximum absolute atomic E-state index is 13.6. The molecule has 0 fully saturated rings. The number of nitriles is 4. The zero-order valence-corrected chi connectivity index (χ0v) is 22.7. The number of hydrogen-bond acceptors (Lipinski definition) is 6. The minimum absolute atomic E-state index is 0.0164. The van der Waals surface area contributed by atoms with Crippen molar-refractivity contribution in [2.24, 2.45) is 0 Å². The SMILES string of the molecule is Cc1cc(Oc2c(=C(C#N)C#N)ccc3c(Oc4cc(CF)cc(C(F)(F)F)c4)c(=C(C#N)C#N)ccc23)cc(C(F)(F)F)c1. The summed E-state index contributed by atoms with van der Waals surface area (Å²) < 4.78 is 106. The molecule has 0 aliphatic rings. The quantitative estimate of drug-likeness (QED) is 0.212. The fourth-order valence-electron chi connectivity index (χ4n) is 4.42. The van der Waals surface area contributed by atoms with Crippen molar-refractivity contribution in [3.63, 3.8) is 0 Å². The van der Waals surface area contributed by atoms with Crippen LogP contribution in [0, 0.1) is 52.2 Å². The summed E-state index contributed by atoms with van der Waals surface area (Å²) in [4.78, 5) is 0. The molecule has 0 heterocycles. The maximum atomic E-state index is 13.6.